The molecule has 0 saturated carbocycles. The van der Waals surface area contributed by atoms with Crippen molar-refractivity contribution in [2.24, 2.45) is 0 Å². The fourth-order valence-electron chi connectivity index (χ4n) is 2.13. The molecule has 2 aromatic carbocycles. The molecule has 1 N–H and O–H groups in total. The molecule has 0 amide bonds. The Morgan fingerprint density at radius 2 is 1.62 bits per heavy atom. The van der Waals surface area contributed by atoms with Crippen molar-refractivity contribution < 1.29 is 27.5 Å². The quantitative estimate of drug-likeness (QED) is 0.865. The summed E-state index contributed by atoms with van der Waals surface area (Å²) >= 11 is 0. The molecule has 21 heavy (non-hydrogen) atoms. The maximum atomic E-state index is 13.8. The van der Waals surface area contributed by atoms with Crippen LogP contribution in [0.5, 0.6) is 0 Å². The van der Waals surface area contributed by atoms with Crippen LogP contribution in [0.25, 0.3) is 11.1 Å². The van der Waals surface area contributed by atoms with Crippen LogP contribution in [0.1, 0.15) is 11.1 Å². The van der Waals surface area contributed by atoms with Crippen molar-refractivity contribution in [2.75, 3.05) is 0 Å². The number of carboxylic acid groups (broad SMARTS) is 1. The SMILES string of the molecule is O=C(O)Cc1c(-c2ccccc2F)cccc1C(F)(F)F. The largest absolute Gasteiger partial charge is 0.481 e. The summed E-state index contributed by atoms with van der Waals surface area (Å²) in [5, 5.41) is 8.84. The lowest BCUT2D eigenvalue weighted by molar-refractivity contribution is -0.139. The van der Waals surface area contributed by atoms with Crippen LogP contribution in [0, 0.1) is 5.82 Å². The van der Waals surface area contributed by atoms with E-state index in [0.717, 1.165) is 18.2 Å². The Morgan fingerprint density at radius 3 is 2.19 bits per heavy atom. The zero-order valence-electron chi connectivity index (χ0n) is 10.6. The van der Waals surface area contributed by atoms with Crippen molar-refractivity contribution in [3.8, 4) is 11.1 Å². The summed E-state index contributed by atoms with van der Waals surface area (Å²) in [4.78, 5) is 10.9. The summed E-state index contributed by atoms with van der Waals surface area (Å²) in [6, 6.07) is 8.52. The van der Waals surface area contributed by atoms with Crippen molar-refractivity contribution in [2.45, 2.75) is 12.6 Å². The first-order chi connectivity index (χ1) is 9.80. The number of aliphatic carboxylic acids is 1. The maximum absolute atomic E-state index is 13.8. The third-order valence-electron chi connectivity index (χ3n) is 2.97. The van der Waals surface area contributed by atoms with Gasteiger partial charge in [-0.2, -0.15) is 13.2 Å². The minimum Gasteiger partial charge on any atom is -0.481 e. The van der Waals surface area contributed by atoms with Crippen LogP contribution in [0.4, 0.5) is 17.6 Å². The predicted octanol–water partition coefficient (Wildman–Crippen LogP) is 4.14. The molecule has 0 fully saturated rings. The Hall–Kier alpha value is -2.37. The molecule has 110 valence electrons. The topological polar surface area (TPSA) is 37.3 Å². The van der Waals surface area contributed by atoms with Crippen LogP contribution in [0.3, 0.4) is 0 Å². The molecule has 0 spiro atoms. The molecule has 0 atom stereocenters. The molecule has 0 unspecified atom stereocenters. The van der Waals surface area contributed by atoms with E-state index in [-0.39, 0.29) is 11.1 Å². The number of alkyl halides is 3. The molecular formula is C15H10F4O2. The second-order valence-corrected chi connectivity index (χ2v) is 4.38. The number of carboxylic acids is 1. The third-order valence-corrected chi connectivity index (χ3v) is 2.97. The highest BCUT2D eigenvalue weighted by atomic mass is 19.4. The highest BCUT2D eigenvalue weighted by Gasteiger charge is 2.35. The first-order valence-corrected chi connectivity index (χ1v) is 5.96. The molecule has 0 saturated heterocycles. The van der Waals surface area contributed by atoms with E-state index >= 15 is 0 Å². The van der Waals surface area contributed by atoms with Gasteiger partial charge in [-0.25, -0.2) is 4.39 Å². The Kier molecular flexibility index (Phi) is 3.97. The number of halogens is 4. The first-order valence-electron chi connectivity index (χ1n) is 5.96. The number of carbonyl (C=O) groups is 1. The number of rotatable bonds is 3. The molecule has 2 aromatic rings. The van der Waals surface area contributed by atoms with Gasteiger partial charge in [-0.3, -0.25) is 4.79 Å². The standard InChI is InChI=1S/C15H10F4O2/c16-13-7-2-1-4-10(13)9-5-3-6-12(15(17,18)19)11(9)8-14(20)21/h1-7H,8H2,(H,20,21). The highest BCUT2D eigenvalue weighted by molar-refractivity contribution is 5.78. The van der Waals surface area contributed by atoms with Crippen LogP contribution >= 0.6 is 0 Å². The Balaban J connectivity index is 2.72. The predicted molar refractivity (Wildman–Crippen MR) is 68.2 cm³/mol. The van der Waals surface area contributed by atoms with E-state index in [2.05, 4.69) is 0 Å². The molecule has 0 aliphatic rings. The molecule has 0 bridgehead atoms. The Morgan fingerprint density at radius 1 is 1.00 bits per heavy atom. The smallest absolute Gasteiger partial charge is 0.416 e. The van der Waals surface area contributed by atoms with E-state index in [4.69, 9.17) is 5.11 Å². The number of hydrogen-bond donors (Lipinski definition) is 1. The minimum absolute atomic E-state index is 0.0557. The molecule has 2 nitrogen and oxygen atoms in total. The van der Waals surface area contributed by atoms with Crippen LogP contribution < -0.4 is 0 Å². The van der Waals surface area contributed by atoms with Gasteiger partial charge in [-0.15, -0.1) is 0 Å². The Bertz CT molecular complexity index is 678. The van der Waals surface area contributed by atoms with E-state index in [1.54, 1.807) is 0 Å². The van der Waals surface area contributed by atoms with Gasteiger partial charge in [0.25, 0.3) is 0 Å². The summed E-state index contributed by atoms with van der Waals surface area (Å²) in [5.41, 5.74) is -1.63. The lowest BCUT2D eigenvalue weighted by atomic mass is 9.92. The molecule has 2 rings (SSSR count). The van der Waals surface area contributed by atoms with Gasteiger partial charge in [-0.05, 0) is 23.3 Å². The van der Waals surface area contributed by atoms with Gasteiger partial charge < -0.3 is 5.11 Å². The van der Waals surface area contributed by atoms with E-state index in [0.29, 0.717) is 0 Å². The zero-order valence-corrected chi connectivity index (χ0v) is 10.6. The maximum Gasteiger partial charge on any atom is 0.416 e. The fraction of sp³-hybridized carbons (Fsp3) is 0.133. The minimum atomic E-state index is -4.70. The summed E-state index contributed by atoms with van der Waals surface area (Å²) in [5.74, 6) is -2.12. The number of hydrogen-bond acceptors (Lipinski definition) is 1. The van der Waals surface area contributed by atoms with Crippen molar-refractivity contribution in [1.82, 2.24) is 0 Å². The van der Waals surface area contributed by atoms with E-state index < -0.39 is 35.5 Å². The van der Waals surface area contributed by atoms with Crippen LogP contribution in [-0.4, -0.2) is 11.1 Å². The first kappa shape index (κ1) is 15.0. The molecule has 0 heterocycles. The number of benzene rings is 2. The second-order valence-electron chi connectivity index (χ2n) is 4.38. The van der Waals surface area contributed by atoms with Gasteiger partial charge in [0.1, 0.15) is 5.82 Å². The highest BCUT2D eigenvalue weighted by Crippen LogP contribution is 2.37. The summed E-state index contributed by atoms with van der Waals surface area (Å²) in [6.07, 6.45) is -5.54. The van der Waals surface area contributed by atoms with Crippen molar-refractivity contribution >= 4 is 5.97 Å². The summed E-state index contributed by atoms with van der Waals surface area (Å²) in [7, 11) is 0. The van der Waals surface area contributed by atoms with Crippen molar-refractivity contribution in [1.29, 1.82) is 0 Å². The normalized spacial score (nSPS) is 11.4. The van der Waals surface area contributed by atoms with Crippen LogP contribution in [-0.2, 0) is 17.4 Å². The van der Waals surface area contributed by atoms with Gasteiger partial charge >= 0.3 is 12.1 Å². The van der Waals surface area contributed by atoms with Crippen LogP contribution in [0.2, 0.25) is 0 Å². The van der Waals surface area contributed by atoms with Gasteiger partial charge in [0.05, 0.1) is 12.0 Å². The third kappa shape index (κ3) is 3.21. The molecule has 6 heteroatoms. The van der Waals surface area contributed by atoms with Gasteiger partial charge in [0.2, 0.25) is 0 Å². The summed E-state index contributed by atoms with van der Waals surface area (Å²) < 4.78 is 52.8. The van der Waals surface area contributed by atoms with Crippen LogP contribution in [0.15, 0.2) is 42.5 Å². The fourth-order valence-corrected chi connectivity index (χ4v) is 2.13. The van der Waals surface area contributed by atoms with E-state index in [1.165, 1.54) is 24.3 Å². The average Bonchev–Trinajstić information content (AvgIpc) is 2.38. The van der Waals surface area contributed by atoms with Gasteiger partial charge in [-0.1, -0.05) is 30.3 Å². The summed E-state index contributed by atoms with van der Waals surface area (Å²) in [6.45, 7) is 0. The van der Waals surface area contributed by atoms with E-state index in [9.17, 15) is 22.4 Å². The molecule has 0 aromatic heterocycles. The van der Waals surface area contributed by atoms with Crippen molar-refractivity contribution in [3.05, 3.63) is 59.4 Å². The lowest BCUT2D eigenvalue weighted by Gasteiger charge is -2.16. The molecule has 0 aliphatic heterocycles. The molecule has 0 radical (unpaired) electrons. The van der Waals surface area contributed by atoms with Gasteiger partial charge in [0.15, 0.2) is 0 Å². The second kappa shape index (κ2) is 5.55. The van der Waals surface area contributed by atoms with E-state index in [1.807, 2.05) is 0 Å². The monoisotopic (exact) mass is 298 g/mol. The molecular weight excluding hydrogens is 288 g/mol. The Labute approximate surface area is 117 Å². The van der Waals surface area contributed by atoms with Gasteiger partial charge in [0, 0.05) is 5.56 Å². The zero-order chi connectivity index (χ0) is 15.6. The molecule has 0 aliphatic carbocycles. The van der Waals surface area contributed by atoms with Crippen molar-refractivity contribution in [3.63, 3.8) is 0 Å². The lowest BCUT2D eigenvalue weighted by Crippen LogP contribution is -2.13. The average molecular weight is 298 g/mol.